The van der Waals surface area contributed by atoms with Crippen LogP contribution < -0.4 is 5.32 Å². The molecule has 1 aromatic rings. The van der Waals surface area contributed by atoms with Crippen molar-refractivity contribution in [3.8, 4) is 0 Å². The Bertz CT molecular complexity index is 194. The van der Waals surface area contributed by atoms with Crippen LogP contribution in [0.2, 0.25) is 0 Å². The summed E-state index contributed by atoms with van der Waals surface area (Å²) in [6, 6.07) is 11.1. The van der Waals surface area contributed by atoms with Gasteiger partial charge in [0.25, 0.3) is 0 Å². The molecule has 0 aliphatic carbocycles. The summed E-state index contributed by atoms with van der Waals surface area (Å²) in [5.74, 6) is 0. The fourth-order valence-corrected chi connectivity index (χ4v) is 1.07. The van der Waals surface area contributed by atoms with Crippen molar-refractivity contribution in [3.63, 3.8) is 0 Å². The van der Waals surface area contributed by atoms with Crippen LogP contribution in [0.4, 0.5) is 0 Å². The number of hydrogen-bond donors (Lipinski definition) is 1. The maximum atomic E-state index is 3.21. The molecule has 0 bridgehead atoms. The van der Waals surface area contributed by atoms with Crippen LogP contribution in [0.15, 0.2) is 30.3 Å². The Hall–Kier alpha value is -0.820. The molecule has 0 saturated carbocycles. The van der Waals surface area contributed by atoms with Crippen molar-refractivity contribution in [2.24, 2.45) is 0 Å². The van der Waals surface area contributed by atoms with E-state index in [9.17, 15) is 0 Å². The lowest BCUT2D eigenvalue weighted by molar-refractivity contribution is 0.608. The van der Waals surface area contributed by atoms with Gasteiger partial charge >= 0.3 is 0 Å². The molecule has 1 heteroatoms. The highest BCUT2D eigenvalue weighted by atomic mass is 14.8. The van der Waals surface area contributed by atoms with Gasteiger partial charge in [-0.25, -0.2) is 0 Å². The van der Waals surface area contributed by atoms with Crippen LogP contribution in [0.1, 0.15) is 26.3 Å². The first-order chi connectivity index (χ1) is 6.33. The lowest BCUT2D eigenvalue weighted by Crippen LogP contribution is -2.23. The predicted molar refractivity (Wildman–Crippen MR) is 60.0 cm³/mol. The lowest BCUT2D eigenvalue weighted by atomic mass is 10.1. The maximum absolute atomic E-state index is 3.21. The molecule has 0 aliphatic heterocycles. The molecular weight excluding hydrogens is 158 g/mol. The zero-order valence-electron chi connectivity index (χ0n) is 9.17. The largest absolute Gasteiger partial charge is 0.317 e. The summed E-state index contributed by atoms with van der Waals surface area (Å²) in [6.07, 6.45) is 1.11. The second-order valence-corrected chi connectivity index (χ2v) is 2.88. The first kappa shape index (κ1) is 12.2. The van der Waals surface area contributed by atoms with E-state index in [4.69, 9.17) is 0 Å². The Kier molecular flexibility index (Phi) is 7.32. The van der Waals surface area contributed by atoms with Crippen LogP contribution in [0.25, 0.3) is 0 Å². The third-order valence-corrected chi connectivity index (χ3v) is 1.88. The van der Waals surface area contributed by atoms with Crippen LogP contribution in [0.3, 0.4) is 0 Å². The summed E-state index contributed by atoms with van der Waals surface area (Å²) < 4.78 is 0. The molecule has 74 valence electrons. The van der Waals surface area contributed by atoms with Crippen molar-refractivity contribution in [3.05, 3.63) is 35.9 Å². The van der Waals surface area contributed by atoms with E-state index < -0.39 is 0 Å². The van der Waals surface area contributed by atoms with E-state index >= 15 is 0 Å². The average molecular weight is 179 g/mol. The fourth-order valence-electron chi connectivity index (χ4n) is 1.07. The summed E-state index contributed by atoms with van der Waals surface area (Å²) in [7, 11) is 1.99. The van der Waals surface area contributed by atoms with E-state index in [0.29, 0.717) is 6.04 Å². The van der Waals surface area contributed by atoms with Crippen LogP contribution in [-0.2, 0) is 6.42 Å². The molecule has 1 N–H and O–H groups in total. The number of hydrogen-bond acceptors (Lipinski definition) is 1. The summed E-state index contributed by atoms with van der Waals surface area (Å²) in [4.78, 5) is 0. The van der Waals surface area contributed by atoms with Crippen molar-refractivity contribution in [2.75, 3.05) is 7.05 Å². The van der Waals surface area contributed by atoms with Crippen molar-refractivity contribution < 1.29 is 0 Å². The first-order valence-electron chi connectivity index (χ1n) is 5.04. The highest BCUT2D eigenvalue weighted by Gasteiger charge is 1.97. The maximum Gasteiger partial charge on any atom is 0.00761 e. The molecule has 0 saturated heterocycles. The zero-order chi connectivity index (χ0) is 10.1. The van der Waals surface area contributed by atoms with E-state index in [2.05, 4.69) is 36.5 Å². The van der Waals surface area contributed by atoms with Crippen LogP contribution in [0, 0.1) is 0 Å². The Morgan fingerprint density at radius 3 is 2.15 bits per heavy atom. The number of likely N-dealkylation sites (N-methyl/N-ethyl adjacent to an activating group) is 1. The highest BCUT2D eigenvalue weighted by Crippen LogP contribution is 2.01. The summed E-state index contributed by atoms with van der Waals surface area (Å²) >= 11 is 0. The summed E-state index contributed by atoms with van der Waals surface area (Å²) in [5.41, 5.74) is 1.40. The quantitative estimate of drug-likeness (QED) is 0.752. The van der Waals surface area contributed by atoms with Gasteiger partial charge in [0.05, 0.1) is 0 Å². The number of benzene rings is 1. The fraction of sp³-hybridized carbons (Fsp3) is 0.500. The second-order valence-electron chi connectivity index (χ2n) is 2.88. The van der Waals surface area contributed by atoms with Crippen LogP contribution in [-0.4, -0.2) is 13.1 Å². The molecule has 13 heavy (non-hydrogen) atoms. The van der Waals surface area contributed by atoms with Gasteiger partial charge in [-0.2, -0.15) is 0 Å². The van der Waals surface area contributed by atoms with Crippen molar-refractivity contribution in [1.29, 1.82) is 0 Å². The van der Waals surface area contributed by atoms with Gasteiger partial charge in [-0.15, -0.1) is 0 Å². The summed E-state index contributed by atoms with van der Waals surface area (Å²) in [5, 5.41) is 3.21. The molecular formula is C12H21N. The second kappa shape index (κ2) is 7.81. The SMILES string of the molecule is CC.CNC(C)Cc1ccccc1. The molecule has 0 aliphatic rings. The minimum absolute atomic E-state index is 0.567. The van der Waals surface area contributed by atoms with E-state index in [1.54, 1.807) is 0 Å². The third kappa shape index (κ3) is 5.42. The Labute approximate surface area is 82.2 Å². The Balaban J connectivity index is 0.000000671. The predicted octanol–water partition coefficient (Wildman–Crippen LogP) is 2.86. The number of nitrogens with one attached hydrogen (secondary N) is 1. The van der Waals surface area contributed by atoms with Gasteiger partial charge in [-0.1, -0.05) is 44.2 Å². The van der Waals surface area contributed by atoms with Gasteiger partial charge in [-0.3, -0.25) is 0 Å². The first-order valence-corrected chi connectivity index (χ1v) is 5.04. The van der Waals surface area contributed by atoms with Gasteiger partial charge in [0.15, 0.2) is 0 Å². The number of rotatable bonds is 3. The molecule has 0 heterocycles. The van der Waals surface area contributed by atoms with Gasteiger partial charge in [0, 0.05) is 6.04 Å². The minimum Gasteiger partial charge on any atom is -0.317 e. The molecule has 0 spiro atoms. The van der Waals surface area contributed by atoms with Gasteiger partial charge in [0.2, 0.25) is 0 Å². The third-order valence-electron chi connectivity index (χ3n) is 1.88. The normalized spacial score (nSPS) is 11.4. The van der Waals surface area contributed by atoms with Gasteiger partial charge < -0.3 is 5.32 Å². The van der Waals surface area contributed by atoms with Crippen LogP contribution >= 0.6 is 0 Å². The van der Waals surface area contributed by atoms with E-state index in [1.807, 2.05) is 27.0 Å². The molecule has 1 atom stereocenters. The van der Waals surface area contributed by atoms with Gasteiger partial charge in [0.1, 0.15) is 0 Å². The standard InChI is InChI=1S/C10H15N.C2H6/c1-9(11-2)8-10-6-4-3-5-7-10;1-2/h3-7,9,11H,8H2,1-2H3;1-2H3. The highest BCUT2D eigenvalue weighted by molar-refractivity contribution is 5.15. The minimum atomic E-state index is 0.567. The molecule has 1 rings (SSSR count). The lowest BCUT2D eigenvalue weighted by Gasteiger charge is -2.08. The molecule has 1 nitrogen and oxygen atoms in total. The molecule has 0 radical (unpaired) electrons. The molecule has 1 aromatic carbocycles. The average Bonchev–Trinajstić information content (AvgIpc) is 2.22. The monoisotopic (exact) mass is 179 g/mol. The Morgan fingerprint density at radius 2 is 1.69 bits per heavy atom. The topological polar surface area (TPSA) is 12.0 Å². The van der Waals surface area contributed by atoms with E-state index in [0.717, 1.165) is 6.42 Å². The van der Waals surface area contributed by atoms with E-state index in [1.165, 1.54) is 5.56 Å². The molecule has 0 fully saturated rings. The summed E-state index contributed by atoms with van der Waals surface area (Å²) in [6.45, 7) is 6.19. The Morgan fingerprint density at radius 1 is 1.15 bits per heavy atom. The van der Waals surface area contributed by atoms with Crippen molar-refractivity contribution in [1.82, 2.24) is 5.32 Å². The zero-order valence-corrected chi connectivity index (χ0v) is 9.17. The smallest absolute Gasteiger partial charge is 0.00761 e. The van der Waals surface area contributed by atoms with Crippen molar-refractivity contribution >= 4 is 0 Å². The molecule has 1 unspecified atom stereocenters. The van der Waals surface area contributed by atoms with Crippen LogP contribution in [0.5, 0.6) is 0 Å². The van der Waals surface area contributed by atoms with Gasteiger partial charge in [-0.05, 0) is 26.0 Å². The van der Waals surface area contributed by atoms with Crippen molar-refractivity contribution in [2.45, 2.75) is 33.2 Å². The van der Waals surface area contributed by atoms with E-state index in [-0.39, 0.29) is 0 Å². The molecule has 0 amide bonds. The molecule has 0 aromatic heterocycles.